The number of nitrogens with zero attached hydrogens (tertiary/aromatic N) is 3. The Bertz CT molecular complexity index is 923. The van der Waals surface area contributed by atoms with Crippen LogP contribution in [0.2, 0.25) is 0 Å². The molecule has 0 aliphatic heterocycles. The zero-order valence-corrected chi connectivity index (χ0v) is 10.6. The molecule has 22 heavy (non-hydrogen) atoms. The van der Waals surface area contributed by atoms with Gasteiger partial charge in [0.25, 0.3) is 5.91 Å². The van der Waals surface area contributed by atoms with Crippen LogP contribution in [0.15, 0.2) is 24.5 Å². The zero-order valence-electron chi connectivity index (χ0n) is 10.6. The van der Waals surface area contributed by atoms with Crippen LogP contribution in [0.4, 0.5) is 13.2 Å². The fourth-order valence-electron chi connectivity index (χ4n) is 2.12. The van der Waals surface area contributed by atoms with Crippen LogP contribution in [-0.2, 0) is 0 Å². The molecular formula is C13H6F3N4O2. The number of carbonyl (C=O) groups is 1. The molecule has 1 amide bonds. The summed E-state index contributed by atoms with van der Waals surface area (Å²) in [5.74, 6) is -5.68. The highest BCUT2D eigenvalue weighted by Crippen LogP contribution is 2.31. The van der Waals surface area contributed by atoms with E-state index >= 15 is 0 Å². The van der Waals surface area contributed by atoms with Gasteiger partial charge in [0.05, 0.1) is 5.69 Å². The Labute approximate surface area is 120 Å². The van der Waals surface area contributed by atoms with Gasteiger partial charge in [0.1, 0.15) is 23.5 Å². The van der Waals surface area contributed by atoms with Crippen molar-refractivity contribution in [2.75, 3.05) is 0 Å². The lowest BCUT2D eigenvalue weighted by Gasteiger charge is -2.10. The van der Waals surface area contributed by atoms with Gasteiger partial charge >= 0.3 is 0 Å². The minimum Gasteiger partial charge on any atom is -0.507 e. The molecule has 2 aromatic heterocycles. The summed E-state index contributed by atoms with van der Waals surface area (Å²) in [4.78, 5) is 14.9. The average molecular weight is 307 g/mol. The first-order chi connectivity index (χ1) is 10.4. The first-order valence-electron chi connectivity index (χ1n) is 5.86. The Balaban J connectivity index is 2.41. The number of benzene rings is 1. The van der Waals surface area contributed by atoms with Gasteiger partial charge < -0.3 is 5.11 Å². The molecule has 1 aromatic carbocycles. The van der Waals surface area contributed by atoms with Crippen molar-refractivity contribution in [2.24, 2.45) is 0 Å². The van der Waals surface area contributed by atoms with E-state index in [1.165, 1.54) is 0 Å². The quantitative estimate of drug-likeness (QED) is 0.732. The highest BCUT2D eigenvalue weighted by molar-refractivity contribution is 6.01. The summed E-state index contributed by atoms with van der Waals surface area (Å²) in [5.41, 5.74) is 5.70. The van der Waals surface area contributed by atoms with Crippen LogP contribution < -0.4 is 5.73 Å². The van der Waals surface area contributed by atoms with E-state index in [1.807, 2.05) is 0 Å². The van der Waals surface area contributed by atoms with Crippen molar-refractivity contribution in [1.82, 2.24) is 20.3 Å². The maximum Gasteiger partial charge on any atom is 0.277 e. The summed E-state index contributed by atoms with van der Waals surface area (Å²) in [6, 6.07) is 1.98. The molecule has 0 aliphatic rings. The summed E-state index contributed by atoms with van der Waals surface area (Å²) in [7, 11) is 0. The lowest BCUT2D eigenvalue weighted by molar-refractivity contribution is 0.0990. The predicted molar refractivity (Wildman–Crippen MR) is 67.4 cm³/mol. The number of pyridine rings is 1. The first-order valence-corrected chi connectivity index (χ1v) is 5.86. The number of fused-ring (bicyclic) bond motifs is 1. The van der Waals surface area contributed by atoms with Crippen molar-refractivity contribution >= 4 is 11.6 Å². The van der Waals surface area contributed by atoms with Crippen LogP contribution in [0.25, 0.3) is 16.9 Å². The van der Waals surface area contributed by atoms with Gasteiger partial charge in [-0.05, 0) is 6.07 Å². The third kappa shape index (κ3) is 1.94. The van der Waals surface area contributed by atoms with Crippen molar-refractivity contribution < 1.29 is 23.1 Å². The second kappa shape index (κ2) is 4.72. The average Bonchev–Trinajstić information content (AvgIpc) is 2.90. The van der Waals surface area contributed by atoms with Crippen molar-refractivity contribution in [3.63, 3.8) is 0 Å². The SMILES string of the molecule is [NH]C(=O)c1c(O)cc(-c2cc(F)cc(F)c2F)n2ncnc12. The number of aromatic hydroxyl groups is 1. The highest BCUT2D eigenvalue weighted by atomic mass is 19.2. The molecule has 3 rings (SSSR count). The van der Waals surface area contributed by atoms with Crippen LogP contribution in [0, 0.1) is 17.5 Å². The van der Waals surface area contributed by atoms with E-state index in [0.29, 0.717) is 6.07 Å². The number of nitrogens with one attached hydrogen (secondary N) is 1. The van der Waals surface area contributed by atoms with Crippen molar-refractivity contribution in [3.05, 3.63) is 47.5 Å². The number of halogens is 3. The molecule has 3 aromatic rings. The van der Waals surface area contributed by atoms with Gasteiger partial charge in [-0.2, -0.15) is 5.10 Å². The lowest BCUT2D eigenvalue weighted by atomic mass is 10.1. The summed E-state index contributed by atoms with van der Waals surface area (Å²) < 4.78 is 41.5. The molecule has 0 unspecified atom stereocenters. The largest absolute Gasteiger partial charge is 0.507 e. The van der Waals surface area contributed by atoms with Crippen molar-refractivity contribution in [1.29, 1.82) is 0 Å². The predicted octanol–water partition coefficient (Wildman–Crippen LogP) is 1.94. The Morgan fingerprint density at radius 2 is 1.95 bits per heavy atom. The van der Waals surface area contributed by atoms with Gasteiger partial charge in [0.15, 0.2) is 17.3 Å². The number of amides is 1. The molecule has 6 nitrogen and oxygen atoms in total. The van der Waals surface area contributed by atoms with Crippen LogP contribution in [-0.4, -0.2) is 25.6 Å². The molecule has 0 saturated carbocycles. The lowest BCUT2D eigenvalue weighted by Crippen LogP contribution is -2.07. The molecule has 0 atom stereocenters. The molecular weight excluding hydrogens is 301 g/mol. The monoisotopic (exact) mass is 307 g/mol. The summed E-state index contributed by atoms with van der Waals surface area (Å²) in [5, 5.41) is 13.6. The van der Waals surface area contributed by atoms with Crippen molar-refractivity contribution in [3.8, 4) is 17.0 Å². The molecule has 1 radical (unpaired) electrons. The second-order valence-corrected chi connectivity index (χ2v) is 4.36. The molecule has 2 heterocycles. The van der Waals surface area contributed by atoms with Gasteiger partial charge in [0, 0.05) is 17.7 Å². The Kier molecular flexibility index (Phi) is 2.98. The molecule has 0 saturated heterocycles. The van der Waals surface area contributed by atoms with Gasteiger partial charge in [-0.3, -0.25) is 10.5 Å². The van der Waals surface area contributed by atoms with Gasteiger partial charge in [-0.1, -0.05) is 0 Å². The van der Waals surface area contributed by atoms with E-state index in [9.17, 15) is 23.1 Å². The summed E-state index contributed by atoms with van der Waals surface area (Å²) in [6.07, 6.45) is 0.998. The minimum absolute atomic E-state index is 0.217. The van der Waals surface area contributed by atoms with Crippen LogP contribution in [0.3, 0.4) is 0 Å². The van der Waals surface area contributed by atoms with E-state index in [-0.39, 0.29) is 11.3 Å². The van der Waals surface area contributed by atoms with Gasteiger partial charge in [-0.25, -0.2) is 22.7 Å². The third-order valence-corrected chi connectivity index (χ3v) is 3.03. The fraction of sp³-hybridized carbons (Fsp3) is 0. The van der Waals surface area contributed by atoms with E-state index in [0.717, 1.165) is 23.0 Å². The zero-order chi connectivity index (χ0) is 16.0. The molecule has 111 valence electrons. The number of carbonyl (C=O) groups excluding carboxylic acids is 1. The fourth-order valence-corrected chi connectivity index (χ4v) is 2.12. The van der Waals surface area contributed by atoms with Gasteiger partial charge in [-0.15, -0.1) is 0 Å². The number of aromatic nitrogens is 3. The topological polar surface area (TPSA) is 91.3 Å². The maximum atomic E-state index is 13.9. The molecule has 0 fully saturated rings. The number of hydrogen-bond donors (Lipinski definition) is 1. The Hall–Kier alpha value is -3.10. The molecule has 9 heteroatoms. The van der Waals surface area contributed by atoms with E-state index in [1.54, 1.807) is 0 Å². The van der Waals surface area contributed by atoms with Gasteiger partial charge in [0.2, 0.25) is 0 Å². The molecule has 2 N–H and O–H groups in total. The van der Waals surface area contributed by atoms with E-state index < -0.39 is 40.2 Å². The first kappa shape index (κ1) is 13.9. The van der Waals surface area contributed by atoms with Crippen LogP contribution in [0.5, 0.6) is 5.75 Å². The van der Waals surface area contributed by atoms with Crippen LogP contribution >= 0.6 is 0 Å². The summed E-state index contributed by atoms with van der Waals surface area (Å²) in [6.45, 7) is 0. The number of rotatable bonds is 2. The minimum atomic E-state index is -1.41. The van der Waals surface area contributed by atoms with Crippen molar-refractivity contribution in [2.45, 2.75) is 0 Å². The molecule has 0 aliphatic carbocycles. The highest BCUT2D eigenvalue weighted by Gasteiger charge is 2.22. The Morgan fingerprint density at radius 3 is 2.64 bits per heavy atom. The molecule has 0 bridgehead atoms. The number of hydrogen-bond acceptors (Lipinski definition) is 4. The Morgan fingerprint density at radius 1 is 1.23 bits per heavy atom. The summed E-state index contributed by atoms with van der Waals surface area (Å²) >= 11 is 0. The van der Waals surface area contributed by atoms with Crippen LogP contribution in [0.1, 0.15) is 10.4 Å². The second-order valence-electron chi connectivity index (χ2n) is 4.36. The van der Waals surface area contributed by atoms with E-state index in [2.05, 4.69) is 10.1 Å². The maximum absolute atomic E-state index is 13.9. The molecule has 0 spiro atoms. The third-order valence-electron chi connectivity index (χ3n) is 3.03. The van der Waals surface area contributed by atoms with E-state index in [4.69, 9.17) is 5.73 Å². The smallest absolute Gasteiger partial charge is 0.277 e. The normalized spacial score (nSPS) is 11.0. The standard InChI is InChI=1S/C13H6F3N4O2/c14-5-1-6(11(16)7(15)2-5)8-3-9(21)10(12(17)22)13-18-4-19-20(8)13/h1-4,17,21H.